The molecule has 2 rings (SSSR count). The second kappa shape index (κ2) is 6.07. The zero-order chi connectivity index (χ0) is 13.1. The van der Waals surface area contributed by atoms with Gasteiger partial charge in [0.1, 0.15) is 0 Å². The van der Waals surface area contributed by atoms with Gasteiger partial charge in [0.05, 0.1) is 6.10 Å². The minimum atomic E-state index is -0.614. The summed E-state index contributed by atoms with van der Waals surface area (Å²) in [6, 6.07) is 12.8. The van der Waals surface area contributed by atoms with Crippen LogP contribution in [0.25, 0.3) is 0 Å². The van der Waals surface area contributed by atoms with Crippen molar-refractivity contribution in [2.75, 3.05) is 0 Å². The Balaban J connectivity index is 2.24. The lowest BCUT2D eigenvalue weighted by Crippen LogP contribution is -2.03. The molecule has 0 amide bonds. The van der Waals surface area contributed by atoms with Gasteiger partial charge in [-0.25, -0.2) is 0 Å². The lowest BCUT2D eigenvalue weighted by molar-refractivity contribution is 0.177. The molecule has 0 spiro atoms. The van der Waals surface area contributed by atoms with Gasteiger partial charge in [0.2, 0.25) is 0 Å². The third kappa shape index (κ3) is 3.27. The molecule has 2 aromatic rings. The van der Waals surface area contributed by atoms with E-state index in [2.05, 4.69) is 15.9 Å². The molecule has 0 aliphatic carbocycles. The van der Waals surface area contributed by atoms with Crippen molar-refractivity contribution in [1.82, 2.24) is 0 Å². The van der Waals surface area contributed by atoms with Crippen LogP contribution in [0, 0.1) is 0 Å². The fraction of sp³-hybridized carbons (Fsp3) is 0.143. The van der Waals surface area contributed by atoms with Gasteiger partial charge < -0.3 is 5.11 Å². The summed E-state index contributed by atoms with van der Waals surface area (Å²) in [4.78, 5) is 0. The summed E-state index contributed by atoms with van der Waals surface area (Å²) in [6.45, 7) is 0. The lowest BCUT2D eigenvalue weighted by atomic mass is 10.0. The Kier molecular flexibility index (Phi) is 4.68. The Hall–Kier alpha value is -0.540. The first-order valence-electron chi connectivity index (χ1n) is 5.44. The van der Waals surface area contributed by atoms with Gasteiger partial charge in [-0.15, -0.1) is 0 Å². The molecule has 1 nitrogen and oxygen atoms in total. The zero-order valence-corrected chi connectivity index (χ0v) is 12.5. The van der Waals surface area contributed by atoms with Crippen LogP contribution in [-0.2, 0) is 6.42 Å². The van der Waals surface area contributed by atoms with Crippen LogP contribution in [0.5, 0.6) is 0 Å². The maximum atomic E-state index is 10.2. The Labute approximate surface area is 124 Å². The monoisotopic (exact) mass is 344 g/mol. The van der Waals surface area contributed by atoms with E-state index in [1.807, 2.05) is 24.3 Å². The SMILES string of the molecule is OC(Cc1cc(Cl)ccc1Cl)c1ccccc1Br. The summed E-state index contributed by atoms with van der Waals surface area (Å²) in [5, 5.41) is 11.5. The van der Waals surface area contributed by atoms with Gasteiger partial charge in [-0.1, -0.05) is 57.3 Å². The molecule has 2 aromatic carbocycles. The number of rotatable bonds is 3. The summed E-state index contributed by atoms with van der Waals surface area (Å²) < 4.78 is 0.885. The summed E-state index contributed by atoms with van der Waals surface area (Å²) in [7, 11) is 0. The van der Waals surface area contributed by atoms with Crippen LogP contribution in [0.4, 0.5) is 0 Å². The summed E-state index contributed by atoms with van der Waals surface area (Å²) in [5.74, 6) is 0. The van der Waals surface area contributed by atoms with E-state index in [9.17, 15) is 5.11 Å². The summed E-state index contributed by atoms with van der Waals surface area (Å²) >= 11 is 15.4. The number of hydrogen-bond acceptors (Lipinski definition) is 1. The third-order valence-corrected chi connectivity index (χ3v) is 4.01. The molecule has 1 unspecified atom stereocenters. The van der Waals surface area contributed by atoms with Gasteiger partial charge in [-0.05, 0) is 35.4 Å². The molecular weight excluding hydrogens is 335 g/mol. The first-order valence-corrected chi connectivity index (χ1v) is 6.99. The second-order valence-electron chi connectivity index (χ2n) is 3.98. The van der Waals surface area contributed by atoms with Gasteiger partial charge in [-0.2, -0.15) is 0 Å². The van der Waals surface area contributed by atoms with Crippen molar-refractivity contribution < 1.29 is 5.11 Å². The fourth-order valence-corrected chi connectivity index (χ4v) is 2.70. The molecular formula is C14H11BrCl2O. The predicted octanol–water partition coefficient (Wildman–Crippen LogP) is 5.03. The minimum Gasteiger partial charge on any atom is -0.388 e. The Morgan fingerprint density at radius 2 is 1.83 bits per heavy atom. The van der Waals surface area contributed by atoms with Crippen LogP contribution >= 0.6 is 39.1 Å². The van der Waals surface area contributed by atoms with Gasteiger partial charge in [0.15, 0.2) is 0 Å². The Morgan fingerprint density at radius 3 is 2.56 bits per heavy atom. The smallest absolute Gasteiger partial charge is 0.0841 e. The number of hydrogen-bond donors (Lipinski definition) is 1. The minimum absolute atomic E-state index is 0.433. The molecule has 0 aliphatic rings. The largest absolute Gasteiger partial charge is 0.388 e. The highest BCUT2D eigenvalue weighted by atomic mass is 79.9. The van der Waals surface area contributed by atoms with Crippen molar-refractivity contribution >= 4 is 39.1 Å². The van der Waals surface area contributed by atoms with Crippen LogP contribution in [0.3, 0.4) is 0 Å². The maximum absolute atomic E-state index is 10.2. The Bertz CT molecular complexity index is 557. The highest BCUT2D eigenvalue weighted by molar-refractivity contribution is 9.10. The quantitative estimate of drug-likeness (QED) is 0.826. The molecule has 18 heavy (non-hydrogen) atoms. The Morgan fingerprint density at radius 1 is 1.11 bits per heavy atom. The molecule has 1 atom stereocenters. The van der Waals surface area contributed by atoms with Crippen LogP contribution in [0.1, 0.15) is 17.2 Å². The van der Waals surface area contributed by atoms with Crippen LogP contribution in [0.15, 0.2) is 46.9 Å². The standard InChI is InChI=1S/C14H11BrCl2O/c15-12-4-2-1-3-11(12)14(18)8-9-7-10(16)5-6-13(9)17/h1-7,14,18H,8H2. The van der Waals surface area contributed by atoms with Crippen LogP contribution < -0.4 is 0 Å². The summed E-state index contributed by atoms with van der Waals surface area (Å²) in [6.07, 6.45) is -0.182. The van der Waals surface area contributed by atoms with Crippen LogP contribution in [-0.4, -0.2) is 5.11 Å². The molecule has 94 valence electrons. The molecule has 0 heterocycles. The van der Waals surface area contributed by atoms with E-state index >= 15 is 0 Å². The molecule has 0 radical (unpaired) electrons. The lowest BCUT2D eigenvalue weighted by Gasteiger charge is -2.14. The van der Waals surface area contributed by atoms with E-state index < -0.39 is 6.10 Å². The first kappa shape index (κ1) is 13.9. The zero-order valence-electron chi connectivity index (χ0n) is 9.41. The molecule has 0 aromatic heterocycles. The van der Waals surface area contributed by atoms with Gasteiger partial charge in [0.25, 0.3) is 0 Å². The normalized spacial score (nSPS) is 12.4. The van der Waals surface area contributed by atoms with Crippen molar-refractivity contribution in [1.29, 1.82) is 0 Å². The van der Waals surface area contributed by atoms with Gasteiger partial charge in [-0.3, -0.25) is 0 Å². The van der Waals surface area contributed by atoms with E-state index in [0.29, 0.717) is 16.5 Å². The molecule has 4 heteroatoms. The van der Waals surface area contributed by atoms with Crippen molar-refractivity contribution in [2.24, 2.45) is 0 Å². The average molecular weight is 346 g/mol. The highest BCUT2D eigenvalue weighted by Crippen LogP contribution is 2.29. The molecule has 0 fully saturated rings. The summed E-state index contributed by atoms with van der Waals surface area (Å²) in [5.41, 5.74) is 1.68. The predicted molar refractivity (Wildman–Crippen MR) is 79.3 cm³/mol. The first-order chi connectivity index (χ1) is 8.58. The highest BCUT2D eigenvalue weighted by Gasteiger charge is 2.13. The molecule has 1 N–H and O–H groups in total. The third-order valence-electron chi connectivity index (χ3n) is 2.69. The van der Waals surface area contributed by atoms with Crippen LogP contribution in [0.2, 0.25) is 10.0 Å². The topological polar surface area (TPSA) is 20.2 Å². The van der Waals surface area contributed by atoms with Crippen molar-refractivity contribution in [3.8, 4) is 0 Å². The van der Waals surface area contributed by atoms with Crippen molar-refractivity contribution in [2.45, 2.75) is 12.5 Å². The number of aliphatic hydroxyl groups excluding tert-OH is 1. The maximum Gasteiger partial charge on any atom is 0.0841 e. The molecule has 0 saturated heterocycles. The number of aliphatic hydroxyl groups is 1. The van der Waals surface area contributed by atoms with E-state index in [-0.39, 0.29) is 0 Å². The van der Waals surface area contributed by atoms with E-state index in [4.69, 9.17) is 23.2 Å². The number of benzene rings is 2. The number of halogens is 3. The van der Waals surface area contributed by atoms with E-state index in [0.717, 1.165) is 15.6 Å². The van der Waals surface area contributed by atoms with E-state index in [1.54, 1.807) is 18.2 Å². The molecule has 0 aliphatic heterocycles. The molecule has 0 saturated carbocycles. The van der Waals surface area contributed by atoms with Gasteiger partial charge in [0, 0.05) is 20.9 Å². The molecule has 0 bridgehead atoms. The van der Waals surface area contributed by atoms with Crippen molar-refractivity contribution in [3.63, 3.8) is 0 Å². The van der Waals surface area contributed by atoms with Crippen molar-refractivity contribution in [3.05, 3.63) is 68.1 Å². The average Bonchev–Trinajstić information content (AvgIpc) is 2.34. The van der Waals surface area contributed by atoms with E-state index in [1.165, 1.54) is 0 Å². The second-order valence-corrected chi connectivity index (χ2v) is 5.68. The van der Waals surface area contributed by atoms with Gasteiger partial charge >= 0.3 is 0 Å². The fourth-order valence-electron chi connectivity index (χ4n) is 1.76.